The molecule has 0 aliphatic carbocycles. The average molecular weight is 219 g/mol. The third-order valence-electron chi connectivity index (χ3n) is 2.28. The first-order valence-corrected chi connectivity index (χ1v) is 5.15. The Morgan fingerprint density at radius 2 is 2.06 bits per heavy atom. The van der Waals surface area contributed by atoms with Gasteiger partial charge in [-0.15, -0.1) is 0 Å². The van der Waals surface area contributed by atoms with Crippen molar-refractivity contribution in [3.63, 3.8) is 0 Å². The highest BCUT2D eigenvalue weighted by atomic mass is 16.5. The van der Waals surface area contributed by atoms with E-state index in [2.05, 4.69) is 11.9 Å². The van der Waals surface area contributed by atoms with Gasteiger partial charge in [0.15, 0.2) is 0 Å². The molecule has 0 fully saturated rings. The number of esters is 1. The van der Waals surface area contributed by atoms with Gasteiger partial charge in [-0.2, -0.15) is 0 Å². The summed E-state index contributed by atoms with van der Waals surface area (Å²) in [4.78, 5) is 11.4. The van der Waals surface area contributed by atoms with Crippen molar-refractivity contribution in [2.75, 3.05) is 7.11 Å². The second-order valence-electron chi connectivity index (χ2n) is 3.67. The summed E-state index contributed by atoms with van der Waals surface area (Å²) in [5, 5.41) is 3.11. The van der Waals surface area contributed by atoms with Crippen LogP contribution in [0.15, 0.2) is 42.5 Å². The van der Waals surface area contributed by atoms with Crippen molar-refractivity contribution in [2.45, 2.75) is 19.5 Å². The molecule has 3 nitrogen and oxygen atoms in total. The van der Waals surface area contributed by atoms with E-state index in [1.54, 1.807) is 6.92 Å². The van der Waals surface area contributed by atoms with Gasteiger partial charge in [-0.1, -0.05) is 42.5 Å². The van der Waals surface area contributed by atoms with Crippen LogP contribution in [-0.4, -0.2) is 19.1 Å². The summed E-state index contributed by atoms with van der Waals surface area (Å²) in [6.45, 7) is 6.20. The lowest BCUT2D eigenvalue weighted by molar-refractivity contribution is -0.142. The smallest absolute Gasteiger partial charge is 0.327 e. The van der Waals surface area contributed by atoms with Gasteiger partial charge in [0.2, 0.25) is 0 Å². The molecule has 0 amide bonds. The lowest BCUT2D eigenvalue weighted by Gasteiger charge is -2.16. The van der Waals surface area contributed by atoms with Gasteiger partial charge in [-0.05, 0) is 12.5 Å². The van der Waals surface area contributed by atoms with Crippen LogP contribution < -0.4 is 5.32 Å². The minimum atomic E-state index is -0.440. The van der Waals surface area contributed by atoms with Gasteiger partial charge in [0.1, 0.15) is 6.04 Å². The van der Waals surface area contributed by atoms with Crippen molar-refractivity contribution >= 4 is 5.97 Å². The first-order valence-electron chi connectivity index (χ1n) is 5.15. The van der Waals surface area contributed by atoms with Crippen LogP contribution in [-0.2, 0) is 16.1 Å². The molecule has 0 bridgehead atoms. The molecule has 1 rings (SSSR count). The summed E-state index contributed by atoms with van der Waals surface area (Å²) in [6.07, 6.45) is 0. The summed E-state index contributed by atoms with van der Waals surface area (Å²) in [6, 6.07) is 9.44. The fourth-order valence-corrected chi connectivity index (χ4v) is 1.39. The molecule has 0 aliphatic rings. The molecule has 0 aliphatic heterocycles. The second kappa shape index (κ2) is 6.08. The Hall–Kier alpha value is -1.61. The number of ether oxygens (including phenoxy) is 1. The Morgan fingerprint density at radius 1 is 1.44 bits per heavy atom. The van der Waals surface area contributed by atoms with Gasteiger partial charge in [0, 0.05) is 6.54 Å². The van der Waals surface area contributed by atoms with Crippen molar-refractivity contribution in [3.05, 3.63) is 48.0 Å². The maximum Gasteiger partial charge on any atom is 0.327 e. The van der Waals surface area contributed by atoms with Crippen LogP contribution in [0.5, 0.6) is 0 Å². The van der Waals surface area contributed by atoms with E-state index in [1.807, 2.05) is 30.3 Å². The zero-order chi connectivity index (χ0) is 12.0. The van der Waals surface area contributed by atoms with Crippen LogP contribution in [0.1, 0.15) is 12.5 Å². The van der Waals surface area contributed by atoms with Gasteiger partial charge in [0.05, 0.1) is 7.11 Å². The van der Waals surface area contributed by atoms with Gasteiger partial charge in [0.25, 0.3) is 0 Å². The van der Waals surface area contributed by atoms with Crippen LogP contribution >= 0.6 is 0 Å². The Morgan fingerprint density at radius 3 is 2.56 bits per heavy atom. The van der Waals surface area contributed by atoms with Crippen LogP contribution in [0.3, 0.4) is 0 Å². The van der Waals surface area contributed by atoms with E-state index in [0.717, 1.165) is 11.1 Å². The fraction of sp³-hybridized carbons (Fsp3) is 0.308. The molecule has 3 heteroatoms. The van der Waals surface area contributed by atoms with E-state index in [4.69, 9.17) is 4.74 Å². The van der Waals surface area contributed by atoms with E-state index in [-0.39, 0.29) is 5.97 Å². The molecular weight excluding hydrogens is 202 g/mol. The summed E-state index contributed by atoms with van der Waals surface area (Å²) in [5.74, 6) is -0.302. The van der Waals surface area contributed by atoms with E-state index < -0.39 is 6.04 Å². The Balaban J connectivity index is 2.57. The van der Waals surface area contributed by atoms with Crippen molar-refractivity contribution in [1.82, 2.24) is 5.32 Å². The molecule has 1 aromatic rings. The van der Waals surface area contributed by atoms with Gasteiger partial charge >= 0.3 is 5.97 Å². The molecule has 0 spiro atoms. The molecule has 0 heterocycles. The highest BCUT2D eigenvalue weighted by Gasteiger charge is 2.18. The monoisotopic (exact) mass is 219 g/mol. The number of rotatable bonds is 5. The van der Waals surface area contributed by atoms with Crippen LogP contribution in [0.4, 0.5) is 0 Å². The molecule has 1 atom stereocenters. The number of carbonyl (C=O) groups excluding carboxylic acids is 1. The molecule has 0 saturated carbocycles. The lowest BCUT2D eigenvalue weighted by Crippen LogP contribution is -2.37. The molecule has 0 aromatic heterocycles. The maximum atomic E-state index is 11.4. The topological polar surface area (TPSA) is 38.3 Å². The van der Waals surface area contributed by atoms with Crippen molar-refractivity contribution in [3.8, 4) is 0 Å². The zero-order valence-electron chi connectivity index (χ0n) is 9.69. The molecule has 0 radical (unpaired) electrons. The van der Waals surface area contributed by atoms with Crippen LogP contribution in [0, 0.1) is 0 Å². The molecule has 16 heavy (non-hydrogen) atoms. The predicted molar refractivity (Wildman–Crippen MR) is 63.9 cm³/mol. The Labute approximate surface area is 96.1 Å². The normalized spacial score (nSPS) is 11.9. The zero-order valence-corrected chi connectivity index (χ0v) is 9.69. The predicted octanol–water partition coefficient (Wildman–Crippen LogP) is 1.89. The molecule has 1 N–H and O–H groups in total. The van der Waals surface area contributed by atoms with Crippen molar-refractivity contribution in [2.24, 2.45) is 0 Å². The molecule has 1 unspecified atom stereocenters. The molecule has 86 valence electrons. The Bertz CT molecular complexity index is 359. The van der Waals surface area contributed by atoms with Crippen LogP contribution in [0.2, 0.25) is 0 Å². The quantitative estimate of drug-likeness (QED) is 0.607. The number of nitrogens with one attached hydrogen (secondary N) is 1. The summed E-state index contributed by atoms with van der Waals surface area (Å²) in [5.41, 5.74) is 1.88. The van der Waals surface area contributed by atoms with Gasteiger partial charge in [-0.25, -0.2) is 0 Å². The number of methoxy groups -OCH3 is 1. The summed E-state index contributed by atoms with van der Waals surface area (Å²) < 4.78 is 4.70. The SMILES string of the molecule is C=C(C)C(NCc1ccccc1)C(=O)OC. The average Bonchev–Trinajstić information content (AvgIpc) is 2.30. The molecule has 0 saturated heterocycles. The minimum Gasteiger partial charge on any atom is -0.468 e. The van der Waals surface area contributed by atoms with E-state index in [9.17, 15) is 4.79 Å². The van der Waals surface area contributed by atoms with Gasteiger partial charge in [-0.3, -0.25) is 10.1 Å². The Kier molecular flexibility index (Phi) is 4.73. The highest BCUT2D eigenvalue weighted by Crippen LogP contribution is 2.04. The maximum absolute atomic E-state index is 11.4. The molecular formula is C13H17NO2. The first kappa shape index (κ1) is 12.5. The fourth-order valence-electron chi connectivity index (χ4n) is 1.39. The van der Waals surface area contributed by atoms with Crippen molar-refractivity contribution < 1.29 is 9.53 Å². The van der Waals surface area contributed by atoms with Crippen LogP contribution in [0.25, 0.3) is 0 Å². The van der Waals surface area contributed by atoms with Gasteiger partial charge < -0.3 is 4.74 Å². The summed E-state index contributed by atoms with van der Waals surface area (Å²) >= 11 is 0. The minimum absolute atomic E-state index is 0.302. The van der Waals surface area contributed by atoms with E-state index >= 15 is 0 Å². The first-order chi connectivity index (χ1) is 7.65. The number of carbonyl (C=O) groups is 1. The molecule has 1 aromatic carbocycles. The number of hydrogen-bond acceptors (Lipinski definition) is 3. The standard InChI is InChI=1S/C13H17NO2/c1-10(2)12(13(15)16-3)14-9-11-7-5-4-6-8-11/h4-8,12,14H,1,9H2,2-3H3. The third-order valence-corrected chi connectivity index (χ3v) is 2.28. The second-order valence-corrected chi connectivity index (χ2v) is 3.67. The third kappa shape index (κ3) is 3.51. The highest BCUT2D eigenvalue weighted by molar-refractivity contribution is 5.79. The van der Waals surface area contributed by atoms with Crippen molar-refractivity contribution in [1.29, 1.82) is 0 Å². The van der Waals surface area contributed by atoms with E-state index in [1.165, 1.54) is 7.11 Å². The number of hydrogen-bond donors (Lipinski definition) is 1. The lowest BCUT2D eigenvalue weighted by atomic mass is 10.1. The number of benzene rings is 1. The van der Waals surface area contributed by atoms with E-state index in [0.29, 0.717) is 6.54 Å². The summed E-state index contributed by atoms with van der Waals surface area (Å²) in [7, 11) is 1.38. The largest absolute Gasteiger partial charge is 0.468 e.